The van der Waals surface area contributed by atoms with Crippen LogP contribution in [0, 0.1) is 10.1 Å². The zero-order valence-corrected chi connectivity index (χ0v) is 14.2. The number of anilines is 1. The Kier molecular flexibility index (Phi) is 6.08. The van der Waals surface area contributed by atoms with Gasteiger partial charge in [-0.1, -0.05) is 30.3 Å². The predicted octanol–water partition coefficient (Wildman–Crippen LogP) is 1.99. The van der Waals surface area contributed by atoms with Crippen LogP contribution >= 0.6 is 0 Å². The van der Waals surface area contributed by atoms with Crippen LogP contribution in [0.3, 0.4) is 0 Å². The number of rotatable bonds is 7. The van der Waals surface area contributed by atoms with Gasteiger partial charge in [0.15, 0.2) is 0 Å². The molecule has 0 radical (unpaired) electrons. The quantitative estimate of drug-likeness (QED) is 0.592. The molecule has 0 aliphatic carbocycles. The smallest absolute Gasteiger partial charge is 0.270 e. The third-order valence-electron chi connectivity index (χ3n) is 3.73. The van der Waals surface area contributed by atoms with Gasteiger partial charge in [-0.15, -0.1) is 0 Å². The molecule has 132 valence electrons. The van der Waals surface area contributed by atoms with E-state index in [1.807, 2.05) is 30.3 Å². The molecule has 0 aliphatic heterocycles. The topological polar surface area (TPSA) is 95.7 Å². The van der Waals surface area contributed by atoms with Crippen molar-refractivity contribution in [2.75, 3.05) is 25.5 Å². The second-order valence-corrected chi connectivity index (χ2v) is 5.91. The molecule has 0 saturated heterocycles. The number of aliphatic hydroxyl groups excluding tert-OH is 1. The molecular weight excluding hydrogens is 322 g/mol. The standard InChI is InChI=1S/C18H21N3O4/c1-20(2)17-9-8-14(21(24)25)11-16(17)18(23)19-12-15(22)10-13-6-4-3-5-7-13/h3-9,11,15,22H,10,12H2,1-2H3,(H,19,23). The van der Waals surface area contributed by atoms with Crippen LogP contribution in [0.2, 0.25) is 0 Å². The molecule has 0 saturated carbocycles. The average molecular weight is 343 g/mol. The van der Waals surface area contributed by atoms with Crippen molar-refractivity contribution in [2.45, 2.75) is 12.5 Å². The number of carbonyl (C=O) groups excluding carboxylic acids is 1. The summed E-state index contributed by atoms with van der Waals surface area (Å²) in [7, 11) is 3.50. The lowest BCUT2D eigenvalue weighted by Crippen LogP contribution is -2.34. The van der Waals surface area contributed by atoms with Gasteiger partial charge in [0.25, 0.3) is 11.6 Å². The maximum atomic E-state index is 12.4. The Hall–Kier alpha value is -2.93. The number of amides is 1. The largest absolute Gasteiger partial charge is 0.391 e. The molecule has 0 fully saturated rings. The third-order valence-corrected chi connectivity index (χ3v) is 3.73. The summed E-state index contributed by atoms with van der Waals surface area (Å²) in [5.74, 6) is -0.459. The molecule has 2 rings (SSSR count). The number of carbonyl (C=O) groups is 1. The highest BCUT2D eigenvalue weighted by Gasteiger charge is 2.18. The Morgan fingerprint density at radius 1 is 1.24 bits per heavy atom. The molecule has 0 aliphatic rings. The molecule has 2 aromatic carbocycles. The van der Waals surface area contributed by atoms with Gasteiger partial charge < -0.3 is 15.3 Å². The molecule has 0 spiro atoms. The summed E-state index contributed by atoms with van der Waals surface area (Å²) in [4.78, 5) is 24.5. The van der Waals surface area contributed by atoms with Crippen molar-refractivity contribution >= 4 is 17.3 Å². The first kappa shape index (κ1) is 18.4. The van der Waals surface area contributed by atoms with Crippen molar-refractivity contribution in [3.05, 3.63) is 69.8 Å². The maximum absolute atomic E-state index is 12.4. The van der Waals surface area contributed by atoms with E-state index >= 15 is 0 Å². The fourth-order valence-electron chi connectivity index (χ4n) is 2.47. The van der Waals surface area contributed by atoms with Crippen LogP contribution in [0.15, 0.2) is 48.5 Å². The maximum Gasteiger partial charge on any atom is 0.270 e. The van der Waals surface area contributed by atoms with Crippen LogP contribution in [0.1, 0.15) is 15.9 Å². The molecule has 7 nitrogen and oxygen atoms in total. The van der Waals surface area contributed by atoms with Gasteiger partial charge in [0, 0.05) is 44.9 Å². The van der Waals surface area contributed by atoms with Crippen LogP contribution in [-0.2, 0) is 6.42 Å². The van der Waals surface area contributed by atoms with E-state index in [9.17, 15) is 20.0 Å². The Labute approximate surface area is 146 Å². The van der Waals surface area contributed by atoms with Crippen LogP contribution in [0.25, 0.3) is 0 Å². The summed E-state index contributed by atoms with van der Waals surface area (Å²) >= 11 is 0. The zero-order chi connectivity index (χ0) is 18.4. The number of nitro benzene ring substituents is 1. The Morgan fingerprint density at radius 2 is 1.92 bits per heavy atom. The highest BCUT2D eigenvalue weighted by Crippen LogP contribution is 2.24. The number of hydrogen-bond acceptors (Lipinski definition) is 5. The molecule has 1 amide bonds. The zero-order valence-electron chi connectivity index (χ0n) is 14.2. The molecule has 1 atom stereocenters. The predicted molar refractivity (Wildman–Crippen MR) is 95.9 cm³/mol. The fraction of sp³-hybridized carbons (Fsp3) is 0.278. The van der Waals surface area contributed by atoms with Crippen molar-refractivity contribution in [3.63, 3.8) is 0 Å². The number of nitro groups is 1. The van der Waals surface area contributed by atoms with E-state index in [2.05, 4.69) is 5.32 Å². The number of nitrogens with one attached hydrogen (secondary N) is 1. The molecule has 25 heavy (non-hydrogen) atoms. The number of hydrogen-bond donors (Lipinski definition) is 2. The number of aliphatic hydroxyl groups is 1. The van der Waals surface area contributed by atoms with E-state index in [0.717, 1.165) is 5.56 Å². The van der Waals surface area contributed by atoms with Gasteiger partial charge in [0.05, 0.1) is 16.6 Å². The van der Waals surface area contributed by atoms with Crippen molar-refractivity contribution in [3.8, 4) is 0 Å². The lowest BCUT2D eigenvalue weighted by molar-refractivity contribution is -0.384. The molecule has 2 aromatic rings. The molecule has 7 heteroatoms. The second-order valence-electron chi connectivity index (χ2n) is 5.91. The lowest BCUT2D eigenvalue weighted by Gasteiger charge is -2.18. The van der Waals surface area contributed by atoms with Crippen LogP contribution in [0.4, 0.5) is 11.4 Å². The van der Waals surface area contributed by atoms with Crippen molar-refractivity contribution in [1.82, 2.24) is 5.32 Å². The Morgan fingerprint density at radius 3 is 2.52 bits per heavy atom. The summed E-state index contributed by atoms with van der Waals surface area (Å²) in [5.41, 5.74) is 1.58. The normalized spacial score (nSPS) is 11.6. The average Bonchev–Trinajstić information content (AvgIpc) is 2.59. The molecule has 2 N–H and O–H groups in total. The summed E-state index contributed by atoms with van der Waals surface area (Å²) in [5, 5.41) is 23.7. The first-order valence-electron chi connectivity index (χ1n) is 7.84. The van der Waals surface area contributed by atoms with Gasteiger partial charge in [0.2, 0.25) is 0 Å². The van der Waals surface area contributed by atoms with Crippen molar-refractivity contribution in [1.29, 1.82) is 0 Å². The summed E-state index contributed by atoms with van der Waals surface area (Å²) in [6, 6.07) is 13.6. The minimum Gasteiger partial charge on any atom is -0.391 e. The SMILES string of the molecule is CN(C)c1ccc([N+](=O)[O-])cc1C(=O)NCC(O)Cc1ccccc1. The van der Waals surface area contributed by atoms with E-state index < -0.39 is 16.9 Å². The highest BCUT2D eigenvalue weighted by molar-refractivity contribution is 6.00. The summed E-state index contributed by atoms with van der Waals surface area (Å²) in [6.45, 7) is 0.0588. The monoisotopic (exact) mass is 343 g/mol. The van der Waals surface area contributed by atoms with E-state index in [-0.39, 0.29) is 17.8 Å². The number of benzene rings is 2. The van der Waals surface area contributed by atoms with E-state index in [1.54, 1.807) is 19.0 Å². The molecule has 1 unspecified atom stereocenters. The van der Waals surface area contributed by atoms with Gasteiger partial charge in [-0.05, 0) is 11.6 Å². The lowest BCUT2D eigenvalue weighted by atomic mass is 10.1. The van der Waals surface area contributed by atoms with E-state index in [1.165, 1.54) is 18.2 Å². The van der Waals surface area contributed by atoms with Gasteiger partial charge in [-0.25, -0.2) is 0 Å². The first-order chi connectivity index (χ1) is 11.9. The molecular formula is C18H21N3O4. The van der Waals surface area contributed by atoms with Crippen LogP contribution < -0.4 is 10.2 Å². The highest BCUT2D eigenvalue weighted by atomic mass is 16.6. The number of nitrogens with zero attached hydrogens (tertiary/aromatic N) is 2. The third kappa shape index (κ3) is 5.02. The van der Waals surface area contributed by atoms with E-state index in [4.69, 9.17) is 0 Å². The van der Waals surface area contributed by atoms with Crippen LogP contribution in [-0.4, -0.2) is 42.7 Å². The van der Waals surface area contributed by atoms with E-state index in [0.29, 0.717) is 12.1 Å². The van der Waals surface area contributed by atoms with Crippen molar-refractivity contribution < 1.29 is 14.8 Å². The Bertz CT molecular complexity index is 747. The fourth-order valence-corrected chi connectivity index (χ4v) is 2.47. The number of non-ortho nitro benzene ring substituents is 1. The molecule has 0 heterocycles. The minimum atomic E-state index is -0.743. The minimum absolute atomic E-state index is 0.0588. The van der Waals surface area contributed by atoms with Gasteiger partial charge >= 0.3 is 0 Å². The van der Waals surface area contributed by atoms with Crippen LogP contribution in [0.5, 0.6) is 0 Å². The van der Waals surface area contributed by atoms with Gasteiger partial charge in [0.1, 0.15) is 0 Å². The summed E-state index contributed by atoms with van der Waals surface area (Å²) < 4.78 is 0. The van der Waals surface area contributed by atoms with Gasteiger partial charge in [-0.2, -0.15) is 0 Å². The molecule has 0 bridgehead atoms. The first-order valence-corrected chi connectivity index (χ1v) is 7.84. The Balaban J connectivity index is 2.06. The molecule has 0 aromatic heterocycles. The second kappa shape index (κ2) is 8.25. The van der Waals surface area contributed by atoms with Crippen molar-refractivity contribution in [2.24, 2.45) is 0 Å². The van der Waals surface area contributed by atoms with Gasteiger partial charge in [-0.3, -0.25) is 14.9 Å². The summed E-state index contributed by atoms with van der Waals surface area (Å²) in [6.07, 6.45) is -0.329.